The molecule has 1 atom stereocenters. The standard InChI is InChI=1S/C15H19NO6/c1-15(2,3)22-14(20)16-10(13(19)21-4)7-9-5-6-11(17)12(18)8-9/h5-6,8,10H,7H2,1-4H3,(H,16,20)/t10-/m0/s1. The van der Waals surface area contributed by atoms with Crippen molar-refractivity contribution < 1.29 is 28.7 Å². The first kappa shape index (κ1) is 17.6. The number of nitrogens with one attached hydrogen (secondary N) is 1. The van der Waals surface area contributed by atoms with Gasteiger partial charge in [0.1, 0.15) is 11.6 Å². The van der Waals surface area contributed by atoms with Crippen LogP contribution in [0.4, 0.5) is 4.79 Å². The summed E-state index contributed by atoms with van der Waals surface area (Å²) in [7, 11) is 1.19. The summed E-state index contributed by atoms with van der Waals surface area (Å²) in [4.78, 5) is 45.9. The van der Waals surface area contributed by atoms with Crippen LogP contribution in [0, 0.1) is 0 Å². The van der Waals surface area contributed by atoms with Crippen molar-refractivity contribution in [2.45, 2.75) is 38.8 Å². The molecule has 7 nitrogen and oxygen atoms in total. The van der Waals surface area contributed by atoms with Crippen molar-refractivity contribution in [3.63, 3.8) is 0 Å². The Morgan fingerprint density at radius 2 is 1.82 bits per heavy atom. The summed E-state index contributed by atoms with van der Waals surface area (Å²) in [5, 5.41) is 2.39. The van der Waals surface area contributed by atoms with Gasteiger partial charge in [-0.25, -0.2) is 9.59 Å². The van der Waals surface area contributed by atoms with Gasteiger partial charge in [-0.2, -0.15) is 0 Å². The average Bonchev–Trinajstić information content (AvgIpc) is 2.39. The molecule has 0 heterocycles. The van der Waals surface area contributed by atoms with Gasteiger partial charge in [-0.05, 0) is 38.5 Å². The average molecular weight is 309 g/mol. The zero-order valence-electron chi connectivity index (χ0n) is 13.0. The summed E-state index contributed by atoms with van der Waals surface area (Å²) in [6.45, 7) is 5.07. The third-order valence-corrected chi connectivity index (χ3v) is 2.62. The Morgan fingerprint density at radius 1 is 1.18 bits per heavy atom. The van der Waals surface area contributed by atoms with Crippen molar-refractivity contribution in [3.05, 3.63) is 23.8 Å². The van der Waals surface area contributed by atoms with Crippen LogP contribution in [0.1, 0.15) is 27.2 Å². The lowest BCUT2D eigenvalue weighted by atomic mass is 9.99. The quantitative estimate of drug-likeness (QED) is 0.474. The minimum absolute atomic E-state index is 0.0153. The molecule has 120 valence electrons. The molecule has 1 N–H and O–H groups in total. The SMILES string of the molecule is COC(=O)[C@H](CC1=CC(=O)C(=O)C=C1)NC(=O)OC(C)(C)C. The first-order valence-corrected chi connectivity index (χ1v) is 6.66. The lowest BCUT2D eigenvalue weighted by Gasteiger charge is -2.23. The second-order valence-corrected chi connectivity index (χ2v) is 5.71. The van der Waals surface area contributed by atoms with E-state index in [4.69, 9.17) is 4.74 Å². The topological polar surface area (TPSA) is 98.8 Å². The van der Waals surface area contributed by atoms with Crippen LogP contribution in [-0.2, 0) is 23.9 Å². The Bertz CT molecular complexity index is 553. The minimum atomic E-state index is -1.02. The number of amides is 1. The maximum absolute atomic E-state index is 11.7. The number of allylic oxidation sites excluding steroid dienone is 3. The van der Waals surface area contributed by atoms with Gasteiger partial charge in [0.25, 0.3) is 0 Å². The summed E-state index contributed by atoms with van der Waals surface area (Å²) < 4.78 is 9.69. The van der Waals surface area contributed by atoms with Crippen molar-refractivity contribution in [1.29, 1.82) is 0 Å². The number of esters is 1. The fourth-order valence-corrected chi connectivity index (χ4v) is 1.70. The molecule has 7 heteroatoms. The maximum Gasteiger partial charge on any atom is 0.408 e. The molecule has 0 aromatic carbocycles. The van der Waals surface area contributed by atoms with Crippen LogP contribution in [0.2, 0.25) is 0 Å². The van der Waals surface area contributed by atoms with Gasteiger partial charge in [0, 0.05) is 6.42 Å². The molecular formula is C15H19NO6. The van der Waals surface area contributed by atoms with E-state index in [1.807, 2.05) is 0 Å². The van der Waals surface area contributed by atoms with E-state index in [-0.39, 0.29) is 6.42 Å². The molecule has 1 aliphatic rings. The fourth-order valence-electron chi connectivity index (χ4n) is 1.70. The molecule has 0 bridgehead atoms. The predicted octanol–water partition coefficient (Wildman–Crippen LogP) is 1.08. The maximum atomic E-state index is 11.7. The van der Waals surface area contributed by atoms with Gasteiger partial charge in [-0.3, -0.25) is 9.59 Å². The van der Waals surface area contributed by atoms with Gasteiger partial charge in [0.15, 0.2) is 0 Å². The van der Waals surface area contributed by atoms with Crippen LogP contribution in [0.3, 0.4) is 0 Å². The van der Waals surface area contributed by atoms with E-state index in [2.05, 4.69) is 10.1 Å². The highest BCUT2D eigenvalue weighted by molar-refractivity contribution is 6.46. The van der Waals surface area contributed by atoms with Gasteiger partial charge in [-0.15, -0.1) is 0 Å². The number of carbonyl (C=O) groups excluding carboxylic acids is 4. The van der Waals surface area contributed by atoms with Crippen LogP contribution < -0.4 is 5.32 Å². The second-order valence-electron chi connectivity index (χ2n) is 5.71. The van der Waals surface area contributed by atoms with E-state index >= 15 is 0 Å². The van der Waals surface area contributed by atoms with Crippen molar-refractivity contribution in [1.82, 2.24) is 5.32 Å². The molecule has 22 heavy (non-hydrogen) atoms. The van der Waals surface area contributed by atoms with Crippen LogP contribution in [0.25, 0.3) is 0 Å². The molecule has 0 radical (unpaired) electrons. The Morgan fingerprint density at radius 3 is 2.32 bits per heavy atom. The zero-order valence-corrected chi connectivity index (χ0v) is 13.0. The number of ketones is 2. The number of ether oxygens (including phenoxy) is 2. The monoisotopic (exact) mass is 309 g/mol. The first-order chi connectivity index (χ1) is 10.1. The summed E-state index contributed by atoms with van der Waals surface area (Å²) in [5.41, 5.74) is -0.270. The van der Waals surface area contributed by atoms with Crippen molar-refractivity contribution >= 4 is 23.6 Å². The van der Waals surface area contributed by atoms with E-state index in [9.17, 15) is 19.2 Å². The number of hydrogen-bond acceptors (Lipinski definition) is 6. The highest BCUT2D eigenvalue weighted by Crippen LogP contribution is 2.14. The normalized spacial score (nSPS) is 15.9. The van der Waals surface area contributed by atoms with E-state index in [1.54, 1.807) is 20.8 Å². The van der Waals surface area contributed by atoms with Crippen molar-refractivity contribution in [2.24, 2.45) is 0 Å². The first-order valence-electron chi connectivity index (χ1n) is 6.66. The predicted molar refractivity (Wildman–Crippen MR) is 77.0 cm³/mol. The molecule has 0 aliphatic heterocycles. The molecule has 1 aliphatic carbocycles. The molecule has 1 rings (SSSR count). The molecule has 1 amide bonds. The second kappa shape index (κ2) is 7.02. The van der Waals surface area contributed by atoms with Gasteiger partial charge >= 0.3 is 12.1 Å². The van der Waals surface area contributed by atoms with E-state index in [1.165, 1.54) is 13.2 Å². The third kappa shape index (κ3) is 5.51. The summed E-state index contributed by atoms with van der Waals surface area (Å²) >= 11 is 0. The minimum Gasteiger partial charge on any atom is -0.467 e. The van der Waals surface area contributed by atoms with Gasteiger partial charge < -0.3 is 14.8 Å². The van der Waals surface area contributed by atoms with Gasteiger partial charge in [-0.1, -0.05) is 6.08 Å². The number of methoxy groups -OCH3 is 1. The Kier molecular flexibility index (Phi) is 5.62. The summed E-state index contributed by atoms with van der Waals surface area (Å²) in [5.74, 6) is -1.97. The lowest BCUT2D eigenvalue weighted by molar-refractivity contribution is -0.143. The molecule has 0 aromatic heterocycles. The molecule has 0 fully saturated rings. The summed E-state index contributed by atoms with van der Waals surface area (Å²) in [6, 6.07) is -1.02. The Labute approximate surface area is 128 Å². The van der Waals surface area contributed by atoms with Crippen molar-refractivity contribution in [3.8, 4) is 0 Å². The van der Waals surface area contributed by atoms with Gasteiger partial charge in [0.2, 0.25) is 11.6 Å². The van der Waals surface area contributed by atoms with E-state index in [0.29, 0.717) is 5.57 Å². The van der Waals surface area contributed by atoms with Gasteiger partial charge in [0.05, 0.1) is 7.11 Å². The molecule has 0 aromatic rings. The molecule has 0 unspecified atom stereocenters. The van der Waals surface area contributed by atoms with Crippen molar-refractivity contribution in [2.75, 3.05) is 7.11 Å². The van der Waals surface area contributed by atoms with E-state index in [0.717, 1.165) is 12.2 Å². The number of rotatable bonds is 4. The lowest BCUT2D eigenvalue weighted by Crippen LogP contribution is -2.44. The molecule has 0 saturated carbocycles. The smallest absolute Gasteiger partial charge is 0.408 e. The number of hydrogen-bond donors (Lipinski definition) is 1. The van der Waals surface area contributed by atoms with Crippen LogP contribution >= 0.6 is 0 Å². The summed E-state index contributed by atoms with van der Waals surface area (Å²) in [6.07, 6.45) is 2.93. The number of carbonyl (C=O) groups is 4. The van der Waals surface area contributed by atoms with E-state index < -0.39 is 35.3 Å². The molecule has 0 saturated heterocycles. The van der Waals surface area contributed by atoms with Crippen LogP contribution in [-0.4, -0.2) is 42.4 Å². The zero-order chi connectivity index (χ0) is 16.9. The molecular weight excluding hydrogens is 290 g/mol. The largest absolute Gasteiger partial charge is 0.467 e. The highest BCUT2D eigenvalue weighted by atomic mass is 16.6. The third-order valence-electron chi connectivity index (χ3n) is 2.62. The highest BCUT2D eigenvalue weighted by Gasteiger charge is 2.26. The Hall–Kier alpha value is -2.44. The molecule has 0 spiro atoms. The van der Waals surface area contributed by atoms with Crippen LogP contribution in [0.5, 0.6) is 0 Å². The fraction of sp³-hybridized carbons (Fsp3) is 0.467. The van der Waals surface area contributed by atoms with Crippen LogP contribution in [0.15, 0.2) is 23.8 Å². The Balaban J connectivity index is 2.78. The number of alkyl carbamates (subject to hydrolysis) is 1.